The van der Waals surface area contributed by atoms with Crippen LogP contribution in [-0.4, -0.2) is 18.0 Å². The molecule has 0 spiro atoms. The van der Waals surface area contributed by atoms with Crippen LogP contribution in [0, 0.1) is 0 Å². The van der Waals surface area contributed by atoms with Crippen LogP contribution in [-0.2, 0) is 0 Å². The van der Waals surface area contributed by atoms with Gasteiger partial charge in [0.25, 0.3) is 5.91 Å². The number of nitrogens with zero attached hydrogens (tertiary/aromatic N) is 1. The number of oxazole rings is 1. The SMILES string of the molecule is COc1ccc(-c2nc3cc(NC(=O)c4sc5ccccc5c4Cl)ccc3o2)cc1. The van der Waals surface area contributed by atoms with E-state index in [1.807, 2.05) is 48.5 Å². The van der Waals surface area contributed by atoms with Crippen molar-refractivity contribution in [2.24, 2.45) is 0 Å². The number of methoxy groups -OCH3 is 1. The summed E-state index contributed by atoms with van der Waals surface area (Å²) in [5.74, 6) is 1.02. The Kier molecular flexibility index (Phi) is 4.65. The van der Waals surface area contributed by atoms with Crippen molar-refractivity contribution in [2.75, 3.05) is 12.4 Å². The van der Waals surface area contributed by atoms with Crippen molar-refractivity contribution in [3.63, 3.8) is 0 Å². The number of benzene rings is 3. The van der Waals surface area contributed by atoms with Crippen LogP contribution in [0.5, 0.6) is 5.75 Å². The molecule has 1 N–H and O–H groups in total. The fraction of sp³-hybridized carbons (Fsp3) is 0.0435. The largest absolute Gasteiger partial charge is 0.497 e. The minimum atomic E-state index is -0.251. The summed E-state index contributed by atoms with van der Waals surface area (Å²) < 4.78 is 12.0. The number of nitrogens with one attached hydrogen (secondary N) is 1. The number of hydrogen-bond donors (Lipinski definition) is 1. The number of carbonyl (C=O) groups is 1. The van der Waals surface area contributed by atoms with Crippen molar-refractivity contribution in [3.8, 4) is 17.2 Å². The smallest absolute Gasteiger partial charge is 0.267 e. The Hall–Kier alpha value is -3.35. The third kappa shape index (κ3) is 3.30. The van der Waals surface area contributed by atoms with Crippen LogP contribution in [0.15, 0.2) is 71.1 Å². The third-order valence-corrected chi connectivity index (χ3v) is 6.40. The van der Waals surface area contributed by atoms with Gasteiger partial charge < -0.3 is 14.5 Å². The molecule has 0 aliphatic rings. The molecule has 0 radical (unpaired) electrons. The van der Waals surface area contributed by atoms with E-state index < -0.39 is 0 Å². The van der Waals surface area contributed by atoms with Gasteiger partial charge in [0.05, 0.1) is 12.1 Å². The van der Waals surface area contributed by atoms with Crippen LogP contribution in [0.3, 0.4) is 0 Å². The molecule has 1 amide bonds. The third-order valence-electron chi connectivity index (χ3n) is 4.72. The van der Waals surface area contributed by atoms with Gasteiger partial charge in [0.1, 0.15) is 16.1 Å². The number of thiophene rings is 1. The van der Waals surface area contributed by atoms with Crippen molar-refractivity contribution >= 4 is 55.7 Å². The molecule has 0 saturated carbocycles. The standard InChI is InChI=1S/C23H15ClN2O3S/c1-28-15-9-6-13(7-10-15)23-26-17-12-14(8-11-18(17)29-23)25-22(27)21-20(24)16-4-2-3-5-19(16)30-21/h2-12H,1H3,(H,25,27). The quantitative estimate of drug-likeness (QED) is 0.345. The summed E-state index contributed by atoms with van der Waals surface area (Å²) in [5, 5.41) is 4.25. The second-order valence-electron chi connectivity index (χ2n) is 6.63. The topological polar surface area (TPSA) is 64.4 Å². The van der Waals surface area contributed by atoms with E-state index in [1.165, 1.54) is 11.3 Å². The van der Waals surface area contributed by atoms with E-state index in [4.69, 9.17) is 20.8 Å². The van der Waals surface area contributed by atoms with E-state index in [0.29, 0.717) is 32.6 Å². The predicted molar refractivity (Wildman–Crippen MR) is 121 cm³/mol. The first-order valence-electron chi connectivity index (χ1n) is 9.16. The minimum Gasteiger partial charge on any atom is -0.497 e. The highest BCUT2D eigenvalue weighted by Gasteiger charge is 2.17. The maximum atomic E-state index is 12.8. The highest BCUT2D eigenvalue weighted by molar-refractivity contribution is 7.21. The number of ether oxygens (including phenoxy) is 1. The summed E-state index contributed by atoms with van der Waals surface area (Å²) in [4.78, 5) is 17.8. The molecule has 2 heterocycles. The van der Waals surface area contributed by atoms with Gasteiger partial charge in [0.2, 0.25) is 5.89 Å². The molecule has 30 heavy (non-hydrogen) atoms. The summed E-state index contributed by atoms with van der Waals surface area (Å²) in [6.45, 7) is 0. The molecule has 0 saturated heterocycles. The number of anilines is 1. The van der Waals surface area contributed by atoms with Gasteiger partial charge in [0, 0.05) is 21.3 Å². The average molecular weight is 435 g/mol. The van der Waals surface area contributed by atoms with Crippen molar-refractivity contribution < 1.29 is 13.9 Å². The Balaban J connectivity index is 1.43. The number of aromatic nitrogens is 1. The van der Waals surface area contributed by atoms with Crippen LogP contribution in [0.2, 0.25) is 5.02 Å². The fourth-order valence-corrected chi connectivity index (χ4v) is 4.62. The first-order chi connectivity index (χ1) is 14.6. The number of carbonyl (C=O) groups excluding carboxylic acids is 1. The molecular weight excluding hydrogens is 420 g/mol. The van der Waals surface area contributed by atoms with E-state index in [0.717, 1.165) is 21.4 Å². The fourth-order valence-electron chi connectivity index (χ4n) is 3.21. The molecule has 5 rings (SSSR count). The van der Waals surface area contributed by atoms with Crippen LogP contribution in [0.4, 0.5) is 5.69 Å². The Morgan fingerprint density at radius 2 is 1.90 bits per heavy atom. The number of amides is 1. The molecule has 2 aromatic heterocycles. The summed E-state index contributed by atoms with van der Waals surface area (Å²) in [7, 11) is 1.62. The Morgan fingerprint density at radius 1 is 1.10 bits per heavy atom. The van der Waals surface area contributed by atoms with E-state index in [2.05, 4.69) is 10.3 Å². The highest BCUT2D eigenvalue weighted by atomic mass is 35.5. The lowest BCUT2D eigenvalue weighted by Gasteiger charge is -2.03. The van der Waals surface area contributed by atoms with Crippen LogP contribution in [0.1, 0.15) is 9.67 Å². The van der Waals surface area contributed by atoms with E-state index >= 15 is 0 Å². The zero-order chi connectivity index (χ0) is 20.7. The van der Waals surface area contributed by atoms with Crippen molar-refractivity contribution in [1.29, 1.82) is 0 Å². The van der Waals surface area contributed by atoms with Gasteiger partial charge in [-0.2, -0.15) is 0 Å². The Labute approximate surface area is 180 Å². The first-order valence-corrected chi connectivity index (χ1v) is 10.4. The molecule has 0 bridgehead atoms. The second-order valence-corrected chi connectivity index (χ2v) is 8.06. The molecule has 5 aromatic rings. The molecule has 7 heteroatoms. The second kappa shape index (κ2) is 7.48. The van der Waals surface area contributed by atoms with Gasteiger partial charge >= 0.3 is 0 Å². The van der Waals surface area contributed by atoms with E-state index in [9.17, 15) is 4.79 Å². The molecule has 0 aliphatic carbocycles. The Bertz CT molecular complexity index is 1390. The average Bonchev–Trinajstić information content (AvgIpc) is 3.35. The molecule has 0 atom stereocenters. The van der Waals surface area contributed by atoms with Gasteiger partial charge in [0.15, 0.2) is 5.58 Å². The molecular formula is C23H15ClN2O3S. The zero-order valence-electron chi connectivity index (χ0n) is 15.8. The van der Waals surface area contributed by atoms with E-state index in [-0.39, 0.29) is 5.91 Å². The lowest BCUT2D eigenvalue weighted by Crippen LogP contribution is -2.10. The molecule has 5 nitrogen and oxygen atoms in total. The monoisotopic (exact) mass is 434 g/mol. The predicted octanol–water partition coefficient (Wildman–Crippen LogP) is 6.62. The van der Waals surface area contributed by atoms with Crippen LogP contribution >= 0.6 is 22.9 Å². The maximum Gasteiger partial charge on any atom is 0.267 e. The summed E-state index contributed by atoms with van der Waals surface area (Å²) in [6, 6.07) is 20.5. The molecule has 0 aliphatic heterocycles. The van der Waals surface area contributed by atoms with Crippen LogP contribution in [0.25, 0.3) is 32.6 Å². The number of halogens is 1. The summed E-state index contributed by atoms with van der Waals surface area (Å²) in [5.41, 5.74) is 2.75. The number of hydrogen-bond acceptors (Lipinski definition) is 5. The Morgan fingerprint density at radius 3 is 2.67 bits per heavy atom. The molecule has 0 unspecified atom stereocenters. The van der Waals surface area contributed by atoms with Crippen molar-refractivity contribution in [3.05, 3.63) is 76.6 Å². The van der Waals surface area contributed by atoms with Gasteiger partial charge in [-0.15, -0.1) is 11.3 Å². The molecule has 3 aromatic carbocycles. The van der Waals surface area contributed by atoms with Crippen LogP contribution < -0.4 is 10.1 Å². The molecule has 0 fully saturated rings. The van der Waals surface area contributed by atoms with Gasteiger partial charge in [-0.1, -0.05) is 29.8 Å². The number of fused-ring (bicyclic) bond motifs is 2. The lowest BCUT2D eigenvalue weighted by molar-refractivity contribution is 0.103. The maximum absolute atomic E-state index is 12.8. The number of rotatable bonds is 4. The first kappa shape index (κ1) is 18.7. The van der Waals surface area contributed by atoms with Crippen molar-refractivity contribution in [1.82, 2.24) is 4.98 Å². The van der Waals surface area contributed by atoms with E-state index in [1.54, 1.807) is 25.3 Å². The van der Waals surface area contributed by atoms with Gasteiger partial charge in [-0.3, -0.25) is 4.79 Å². The molecule has 148 valence electrons. The lowest BCUT2D eigenvalue weighted by atomic mass is 10.2. The zero-order valence-corrected chi connectivity index (χ0v) is 17.4. The van der Waals surface area contributed by atoms with Gasteiger partial charge in [-0.25, -0.2) is 4.98 Å². The summed E-state index contributed by atoms with van der Waals surface area (Å²) >= 11 is 7.79. The minimum absolute atomic E-state index is 0.251. The highest BCUT2D eigenvalue weighted by Crippen LogP contribution is 2.36. The normalized spacial score (nSPS) is 11.1. The summed E-state index contributed by atoms with van der Waals surface area (Å²) in [6.07, 6.45) is 0. The van der Waals surface area contributed by atoms with Crippen molar-refractivity contribution in [2.45, 2.75) is 0 Å². The van der Waals surface area contributed by atoms with Gasteiger partial charge in [-0.05, 0) is 48.5 Å².